The van der Waals surface area contributed by atoms with Gasteiger partial charge in [-0.3, -0.25) is 29.4 Å². The summed E-state index contributed by atoms with van der Waals surface area (Å²) in [5.41, 5.74) is 1.62. The van der Waals surface area contributed by atoms with Gasteiger partial charge < -0.3 is 10.6 Å². The quantitative estimate of drug-likeness (QED) is 0.597. The molecule has 0 aromatic heterocycles. The van der Waals surface area contributed by atoms with Crippen molar-refractivity contribution >= 4 is 23.6 Å². The number of carbonyl (C=O) groups excluding carboxylic acids is 4. The third-order valence-electron chi connectivity index (χ3n) is 7.61. The molecule has 8 nitrogen and oxygen atoms in total. The lowest BCUT2D eigenvalue weighted by molar-refractivity contribution is -0.136. The molecule has 3 aliphatic heterocycles. The van der Waals surface area contributed by atoms with Gasteiger partial charge in [0.15, 0.2) is 0 Å². The fourth-order valence-electron chi connectivity index (χ4n) is 5.86. The first kappa shape index (κ1) is 21.3. The SMILES string of the molecule is O=C1CCC(N2C(=O)c3ccc(CNCC4CCC5CNCCC5C4)cc3C2=O)C(=O)N1. The minimum absolute atomic E-state index is 0.123. The van der Waals surface area contributed by atoms with Crippen LogP contribution in [0.2, 0.25) is 0 Å². The van der Waals surface area contributed by atoms with E-state index in [1.54, 1.807) is 12.1 Å². The van der Waals surface area contributed by atoms with Gasteiger partial charge >= 0.3 is 0 Å². The summed E-state index contributed by atoms with van der Waals surface area (Å²) in [5.74, 6) is 0.510. The van der Waals surface area contributed by atoms with Crippen molar-refractivity contribution in [3.63, 3.8) is 0 Å². The van der Waals surface area contributed by atoms with E-state index < -0.39 is 23.8 Å². The fraction of sp³-hybridized carbons (Fsp3) is 0.583. The van der Waals surface area contributed by atoms with Crippen LogP contribution < -0.4 is 16.0 Å². The maximum atomic E-state index is 13.0. The highest BCUT2D eigenvalue weighted by molar-refractivity contribution is 6.23. The van der Waals surface area contributed by atoms with Gasteiger partial charge in [0.1, 0.15) is 6.04 Å². The summed E-state index contributed by atoms with van der Waals surface area (Å²) in [5, 5.41) is 9.28. The molecule has 0 radical (unpaired) electrons. The molecule has 32 heavy (non-hydrogen) atoms. The van der Waals surface area contributed by atoms with Gasteiger partial charge in [-0.15, -0.1) is 0 Å². The predicted molar refractivity (Wildman–Crippen MR) is 117 cm³/mol. The Kier molecular flexibility index (Phi) is 5.82. The summed E-state index contributed by atoms with van der Waals surface area (Å²) >= 11 is 0. The Bertz CT molecular complexity index is 961. The first-order chi connectivity index (χ1) is 15.5. The van der Waals surface area contributed by atoms with E-state index in [9.17, 15) is 19.2 Å². The zero-order valence-electron chi connectivity index (χ0n) is 18.2. The molecule has 2 saturated heterocycles. The zero-order valence-corrected chi connectivity index (χ0v) is 18.2. The first-order valence-electron chi connectivity index (χ1n) is 11.8. The van der Waals surface area contributed by atoms with Gasteiger partial charge in [-0.2, -0.15) is 0 Å². The zero-order chi connectivity index (χ0) is 22.2. The molecule has 3 heterocycles. The Morgan fingerprint density at radius 1 is 0.969 bits per heavy atom. The second-order valence-corrected chi connectivity index (χ2v) is 9.65. The van der Waals surface area contributed by atoms with Crippen molar-refractivity contribution in [3.8, 4) is 0 Å². The summed E-state index contributed by atoms with van der Waals surface area (Å²) in [6.45, 7) is 3.91. The van der Waals surface area contributed by atoms with E-state index in [0.717, 1.165) is 35.4 Å². The lowest BCUT2D eigenvalue weighted by Crippen LogP contribution is -2.54. The lowest BCUT2D eigenvalue weighted by atomic mass is 9.71. The summed E-state index contributed by atoms with van der Waals surface area (Å²) in [6.07, 6.45) is 5.43. The van der Waals surface area contributed by atoms with Crippen LogP contribution >= 0.6 is 0 Å². The molecule has 0 bridgehead atoms. The average Bonchev–Trinajstić information content (AvgIpc) is 3.03. The third kappa shape index (κ3) is 3.97. The van der Waals surface area contributed by atoms with Crippen molar-refractivity contribution < 1.29 is 19.2 Å². The molecule has 0 spiro atoms. The molecule has 4 aliphatic rings. The highest BCUT2D eigenvalue weighted by Crippen LogP contribution is 2.37. The summed E-state index contributed by atoms with van der Waals surface area (Å²) in [6, 6.07) is 4.39. The molecular weight excluding hydrogens is 408 g/mol. The van der Waals surface area contributed by atoms with Gasteiger partial charge in [-0.05, 0) is 87.2 Å². The Morgan fingerprint density at radius 3 is 2.66 bits per heavy atom. The van der Waals surface area contributed by atoms with Crippen LogP contribution in [-0.4, -0.2) is 54.2 Å². The van der Waals surface area contributed by atoms with Crippen LogP contribution in [0, 0.1) is 17.8 Å². The van der Waals surface area contributed by atoms with Crippen molar-refractivity contribution in [2.24, 2.45) is 17.8 Å². The number of carbonyl (C=O) groups is 4. The Labute approximate surface area is 187 Å². The number of hydrogen-bond donors (Lipinski definition) is 3. The molecule has 170 valence electrons. The normalized spacial score (nSPS) is 30.2. The van der Waals surface area contributed by atoms with Gasteiger partial charge in [-0.25, -0.2) is 0 Å². The highest BCUT2D eigenvalue weighted by Gasteiger charge is 2.44. The number of imide groups is 2. The molecule has 1 aliphatic carbocycles. The molecule has 1 aromatic carbocycles. The smallest absolute Gasteiger partial charge is 0.262 e. The molecule has 4 unspecified atom stereocenters. The summed E-state index contributed by atoms with van der Waals surface area (Å²) in [7, 11) is 0. The van der Waals surface area contributed by atoms with Gasteiger partial charge in [-0.1, -0.05) is 6.07 Å². The van der Waals surface area contributed by atoms with Gasteiger partial charge in [0, 0.05) is 13.0 Å². The minimum atomic E-state index is -0.924. The summed E-state index contributed by atoms with van der Waals surface area (Å²) < 4.78 is 0. The Hall–Kier alpha value is -2.58. The summed E-state index contributed by atoms with van der Waals surface area (Å²) in [4.78, 5) is 50.4. The fourth-order valence-corrected chi connectivity index (χ4v) is 5.86. The number of nitrogens with one attached hydrogen (secondary N) is 3. The Morgan fingerprint density at radius 2 is 1.81 bits per heavy atom. The van der Waals surface area contributed by atoms with E-state index in [-0.39, 0.29) is 18.7 Å². The van der Waals surface area contributed by atoms with Gasteiger partial charge in [0.05, 0.1) is 11.1 Å². The second-order valence-electron chi connectivity index (χ2n) is 9.65. The third-order valence-corrected chi connectivity index (χ3v) is 7.61. The van der Waals surface area contributed by atoms with Crippen LogP contribution in [0.3, 0.4) is 0 Å². The van der Waals surface area contributed by atoms with E-state index >= 15 is 0 Å². The number of nitrogens with zero attached hydrogens (tertiary/aromatic N) is 1. The highest BCUT2D eigenvalue weighted by atomic mass is 16.2. The number of hydrogen-bond acceptors (Lipinski definition) is 6. The topological polar surface area (TPSA) is 108 Å². The van der Waals surface area contributed by atoms with Crippen LogP contribution in [0.1, 0.15) is 64.8 Å². The average molecular weight is 439 g/mol. The molecule has 8 heteroatoms. The van der Waals surface area contributed by atoms with Crippen molar-refractivity contribution in [2.45, 2.75) is 51.1 Å². The van der Waals surface area contributed by atoms with E-state index in [2.05, 4.69) is 16.0 Å². The molecule has 4 atom stereocenters. The number of fused-ring (bicyclic) bond motifs is 2. The minimum Gasteiger partial charge on any atom is -0.316 e. The van der Waals surface area contributed by atoms with Crippen molar-refractivity contribution in [1.82, 2.24) is 20.9 Å². The monoisotopic (exact) mass is 438 g/mol. The molecule has 3 N–H and O–H groups in total. The van der Waals surface area contributed by atoms with E-state index in [0.29, 0.717) is 23.6 Å². The van der Waals surface area contributed by atoms with Crippen LogP contribution in [0.25, 0.3) is 0 Å². The predicted octanol–water partition coefficient (Wildman–Crippen LogP) is 1.20. The molecule has 4 amide bonds. The molecular formula is C24H30N4O4. The van der Waals surface area contributed by atoms with Crippen molar-refractivity contribution in [3.05, 3.63) is 34.9 Å². The van der Waals surface area contributed by atoms with Gasteiger partial charge in [0.2, 0.25) is 11.8 Å². The van der Waals surface area contributed by atoms with E-state index in [1.807, 2.05) is 6.07 Å². The second kappa shape index (κ2) is 8.75. The maximum Gasteiger partial charge on any atom is 0.262 e. The molecule has 1 saturated carbocycles. The van der Waals surface area contributed by atoms with Crippen LogP contribution in [0.5, 0.6) is 0 Å². The number of amides is 4. The molecule has 1 aromatic rings. The maximum absolute atomic E-state index is 13.0. The van der Waals surface area contributed by atoms with Crippen molar-refractivity contribution in [1.29, 1.82) is 0 Å². The van der Waals surface area contributed by atoms with Crippen molar-refractivity contribution in [2.75, 3.05) is 19.6 Å². The van der Waals surface area contributed by atoms with Crippen LogP contribution in [0.4, 0.5) is 0 Å². The van der Waals surface area contributed by atoms with Crippen LogP contribution in [0.15, 0.2) is 18.2 Å². The standard InChI is InChI=1S/C24H30N4O4/c29-21-6-5-20(22(30)27-21)28-23(31)18-4-2-15(10-19(18)24(28)32)12-26-11-14-1-3-17-13-25-8-7-16(17)9-14/h2,4,10,14,16-17,20,25-26H,1,3,5-9,11-13H2,(H,27,29,30). The first-order valence-corrected chi connectivity index (χ1v) is 11.8. The largest absolute Gasteiger partial charge is 0.316 e. The van der Waals surface area contributed by atoms with E-state index in [4.69, 9.17) is 0 Å². The molecule has 3 fully saturated rings. The molecule has 5 rings (SSSR count). The van der Waals surface area contributed by atoms with Crippen LogP contribution in [-0.2, 0) is 16.1 Å². The lowest BCUT2D eigenvalue weighted by Gasteiger charge is -2.39. The number of piperidine rings is 2. The van der Waals surface area contributed by atoms with Gasteiger partial charge in [0.25, 0.3) is 11.8 Å². The van der Waals surface area contributed by atoms with E-state index in [1.165, 1.54) is 32.2 Å². The number of benzene rings is 1. The number of rotatable bonds is 5. The Balaban J connectivity index is 1.19.